The summed E-state index contributed by atoms with van der Waals surface area (Å²) in [6.07, 6.45) is 2.15. The second-order valence-corrected chi connectivity index (χ2v) is 8.24. The van der Waals surface area contributed by atoms with E-state index in [1.54, 1.807) is 11.7 Å². The topological polar surface area (TPSA) is 59.7 Å². The number of aromatic nitrogens is 2. The molecule has 1 aromatic heterocycles. The van der Waals surface area contributed by atoms with Crippen LogP contribution < -0.4 is 15.3 Å². The molecule has 0 bridgehead atoms. The number of hydrogen-bond donors (Lipinski definition) is 0. The van der Waals surface area contributed by atoms with Crippen molar-refractivity contribution in [3.05, 3.63) is 59.0 Å². The predicted octanol–water partition coefficient (Wildman–Crippen LogP) is 3.35. The van der Waals surface area contributed by atoms with Crippen LogP contribution in [0.25, 0.3) is 11.0 Å². The van der Waals surface area contributed by atoms with Gasteiger partial charge in [0.2, 0.25) is 5.91 Å². The van der Waals surface area contributed by atoms with Gasteiger partial charge < -0.3 is 14.5 Å². The number of methoxy groups -OCH3 is 1. The number of para-hydroxylation sites is 2. The lowest BCUT2D eigenvalue weighted by molar-refractivity contribution is -0.131. The number of carbonyl (C=O) groups is 1. The minimum Gasteiger partial charge on any atom is -0.497 e. The number of fused-ring (bicyclic) bond motifs is 1. The van der Waals surface area contributed by atoms with Gasteiger partial charge in [0.25, 0.3) is 0 Å². The molecule has 0 unspecified atom stereocenters. The van der Waals surface area contributed by atoms with E-state index in [-0.39, 0.29) is 11.6 Å². The van der Waals surface area contributed by atoms with Crippen LogP contribution in [0.3, 0.4) is 0 Å². The van der Waals surface area contributed by atoms with Gasteiger partial charge in [-0.05, 0) is 49.2 Å². The van der Waals surface area contributed by atoms with Crippen LogP contribution in [0.2, 0.25) is 0 Å². The molecule has 4 rings (SSSR count). The minimum atomic E-state index is -0.0256. The molecule has 32 heavy (non-hydrogen) atoms. The van der Waals surface area contributed by atoms with E-state index in [1.165, 1.54) is 0 Å². The average molecular weight is 437 g/mol. The highest BCUT2D eigenvalue weighted by molar-refractivity contribution is 5.78. The first-order valence-corrected chi connectivity index (χ1v) is 11.5. The van der Waals surface area contributed by atoms with Crippen LogP contribution in [0.5, 0.6) is 5.75 Å². The summed E-state index contributed by atoms with van der Waals surface area (Å²) in [5.41, 5.74) is 2.97. The lowest BCUT2D eigenvalue weighted by Crippen LogP contribution is -2.36. The summed E-state index contributed by atoms with van der Waals surface area (Å²) >= 11 is 0. The molecule has 1 aliphatic rings. The Kier molecular flexibility index (Phi) is 6.83. The van der Waals surface area contributed by atoms with Crippen LogP contribution in [0.1, 0.15) is 26.2 Å². The van der Waals surface area contributed by atoms with E-state index in [2.05, 4.69) is 24.0 Å². The smallest absolute Gasteiger partial charge is 0.329 e. The normalized spacial score (nSPS) is 14.6. The number of imidazole rings is 1. The molecule has 7 nitrogen and oxygen atoms in total. The number of rotatable bonds is 7. The zero-order valence-electron chi connectivity index (χ0n) is 19.0. The van der Waals surface area contributed by atoms with E-state index in [9.17, 15) is 9.59 Å². The zero-order valence-corrected chi connectivity index (χ0v) is 19.0. The van der Waals surface area contributed by atoms with Crippen molar-refractivity contribution in [3.8, 4) is 5.75 Å². The van der Waals surface area contributed by atoms with Crippen LogP contribution >= 0.6 is 0 Å². The Labute approximate surface area is 188 Å². The molecule has 1 saturated heterocycles. The highest BCUT2D eigenvalue weighted by Gasteiger charge is 2.20. The Balaban J connectivity index is 1.40. The first kappa shape index (κ1) is 22.0. The third-order valence-corrected chi connectivity index (χ3v) is 6.21. The zero-order chi connectivity index (χ0) is 22.5. The fraction of sp³-hybridized carbons (Fsp3) is 0.440. The number of carbonyl (C=O) groups excluding carboxylic acids is 1. The maximum absolute atomic E-state index is 13.0. The summed E-state index contributed by atoms with van der Waals surface area (Å²) < 4.78 is 8.82. The largest absolute Gasteiger partial charge is 0.497 e. The summed E-state index contributed by atoms with van der Waals surface area (Å²) in [5, 5.41) is 0. The van der Waals surface area contributed by atoms with Gasteiger partial charge in [0, 0.05) is 51.4 Å². The highest BCUT2D eigenvalue weighted by Crippen LogP contribution is 2.21. The first-order valence-electron chi connectivity index (χ1n) is 11.5. The quantitative estimate of drug-likeness (QED) is 0.570. The van der Waals surface area contributed by atoms with Crippen molar-refractivity contribution >= 4 is 22.6 Å². The standard InChI is InChI=1S/C25H32N4O3/c1-3-14-28-22-7-4-5-8-23(22)29(25(28)31)17-13-24(30)27-16-6-15-26(18-19-27)20-9-11-21(32-2)12-10-20/h4-5,7-12H,3,6,13-19H2,1-2H3. The van der Waals surface area contributed by atoms with E-state index in [0.717, 1.165) is 54.9 Å². The fourth-order valence-corrected chi connectivity index (χ4v) is 4.51. The summed E-state index contributed by atoms with van der Waals surface area (Å²) in [6, 6.07) is 15.9. The van der Waals surface area contributed by atoms with Crippen LogP contribution in [0.15, 0.2) is 53.3 Å². The van der Waals surface area contributed by atoms with Crippen molar-refractivity contribution < 1.29 is 9.53 Å². The monoisotopic (exact) mass is 436 g/mol. The van der Waals surface area contributed by atoms with Crippen LogP contribution in [0, 0.1) is 0 Å². The van der Waals surface area contributed by atoms with Gasteiger partial charge in [-0.15, -0.1) is 0 Å². The highest BCUT2D eigenvalue weighted by atomic mass is 16.5. The van der Waals surface area contributed by atoms with Crippen molar-refractivity contribution in [3.63, 3.8) is 0 Å². The third-order valence-electron chi connectivity index (χ3n) is 6.21. The number of nitrogens with zero attached hydrogens (tertiary/aromatic N) is 4. The number of hydrogen-bond acceptors (Lipinski definition) is 4. The van der Waals surface area contributed by atoms with Gasteiger partial charge in [-0.3, -0.25) is 13.9 Å². The van der Waals surface area contributed by atoms with Crippen molar-refractivity contribution in [1.82, 2.24) is 14.0 Å². The molecule has 0 radical (unpaired) electrons. The van der Waals surface area contributed by atoms with Crippen molar-refractivity contribution in [2.24, 2.45) is 0 Å². The summed E-state index contributed by atoms with van der Waals surface area (Å²) in [7, 11) is 1.67. The van der Waals surface area contributed by atoms with Gasteiger partial charge in [-0.2, -0.15) is 0 Å². The van der Waals surface area contributed by atoms with Gasteiger partial charge in [-0.1, -0.05) is 19.1 Å². The van der Waals surface area contributed by atoms with Gasteiger partial charge in [0.1, 0.15) is 5.75 Å². The van der Waals surface area contributed by atoms with E-state index < -0.39 is 0 Å². The molecule has 1 amide bonds. The van der Waals surface area contributed by atoms with E-state index in [1.807, 2.05) is 45.9 Å². The number of ether oxygens (including phenoxy) is 1. The van der Waals surface area contributed by atoms with Gasteiger partial charge >= 0.3 is 5.69 Å². The molecule has 2 heterocycles. The Morgan fingerprint density at radius 1 is 0.906 bits per heavy atom. The second kappa shape index (κ2) is 9.94. The Bertz CT molecular complexity index is 1120. The Morgan fingerprint density at radius 3 is 2.25 bits per heavy atom. The molecule has 0 spiro atoms. The lowest BCUT2D eigenvalue weighted by atomic mass is 10.2. The molecule has 0 N–H and O–H groups in total. The van der Waals surface area contributed by atoms with Crippen molar-refractivity contribution in [2.45, 2.75) is 39.3 Å². The molecule has 0 atom stereocenters. The second-order valence-electron chi connectivity index (χ2n) is 8.24. The molecule has 0 aliphatic carbocycles. The molecule has 1 fully saturated rings. The maximum atomic E-state index is 13.0. The van der Waals surface area contributed by atoms with E-state index >= 15 is 0 Å². The number of benzene rings is 2. The van der Waals surface area contributed by atoms with E-state index in [4.69, 9.17) is 4.74 Å². The summed E-state index contributed by atoms with van der Waals surface area (Å²) in [6.45, 7) is 6.32. The molecule has 7 heteroatoms. The first-order chi connectivity index (χ1) is 15.6. The third kappa shape index (κ3) is 4.52. The minimum absolute atomic E-state index is 0.0256. The number of amides is 1. The summed E-state index contributed by atoms with van der Waals surface area (Å²) in [4.78, 5) is 30.2. The van der Waals surface area contributed by atoms with Crippen LogP contribution in [-0.2, 0) is 17.9 Å². The molecule has 3 aromatic rings. The van der Waals surface area contributed by atoms with Crippen molar-refractivity contribution in [2.75, 3.05) is 38.2 Å². The van der Waals surface area contributed by atoms with Crippen LogP contribution in [0.4, 0.5) is 5.69 Å². The molecule has 1 aliphatic heterocycles. The van der Waals surface area contributed by atoms with Gasteiger partial charge in [0.05, 0.1) is 18.1 Å². The summed E-state index contributed by atoms with van der Waals surface area (Å²) in [5.74, 6) is 0.955. The predicted molar refractivity (Wildman–Crippen MR) is 128 cm³/mol. The lowest BCUT2D eigenvalue weighted by Gasteiger charge is -2.24. The van der Waals surface area contributed by atoms with Crippen molar-refractivity contribution in [1.29, 1.82) is 0 Å². The molecule has 170 valence electrons. The molecular formula is C25H32N4O3. The Morgan fingerprint density at radius 2 is 1.59 bits per heavy atom. The Hall–Kier alpha value is -3.22. The van der Waals surface area contributed by atoms with Gasteiger partial charge in [-0.25, -0.2) is 4.79 Å². The maximum Gasteiger partial charge on any atom is 0.329 e. The molecule has 2 aromatic carbocycles. The average Bonchev–Trinajstić information content (AvgIpc) is 2.98. The SMILES string of the molecule is CCCn1c(=O)n(CCC(=O)N2CCCN(c3ccc(OC)cc3)CC2)c2ccccc21. The van der Waals surface area contributed by atoms with Crippen LogP contribution in [-0.4, -0.2) is 53.2 Å². The fourth-order valence-electron chi connectivity index (χ4n) is 4.51. The molecule has 0 saturated carbocycles. The van der Waals surface area contributed by atoms with Gasteiger partial charge in [0.15, 0.2) is 0 Å². The number of anilines is 1. The number of aryl methyl sites for hydroxylation is 2. The van der Waals surface area contributed by atoms with E-state index in [0.29, 0.717) is 26.1 Å². The molecular weight excluding hydrogens is 404 g/mol.